The quantitative estimate of drug-likeness (QED) is 0.419. The molecule has 0 spiro atoms. The molecule has 1 heterocycles. The van der Waals surface area contributed by atoms with Crippen LogP contribution in [0.25, 0.3) is 0 Å². The van der Waals surface area contributed by atoms with Gasteiger partial charge >= 0.3 is 0 Å². The van der Waals surface area contributed by atoms with E-state index in [4.69, 9.17) is 14.2 Å². The molecule has 0 amide bonds. The van der Waals surface area contributed by atoms with Gasteiger partial charge in [-0.2, -0.15) is 0 Å². The second kappa shape index (κ2) is 8.40. The SMILES string of the molecule is COc1cccc([C@@H]2Nc3ccccc3C(c3ccccc3)(c3ccccc3)O2)c1OC. The Morgan fingerprint density at radius 1 is 0.688 bits per heavy atom. The number of ether oxygens (including phenoxy) is 3. The predicted octanol–water partition coefficient (Wildman–Crippen LogP) is 6.14. The van der Waals surface area contributed by atoms with Gasteiger partial charge in [0.2, 0.25) is 0 Å². The molecule has 0 aromatic heterocycles. The van der Waals surface area contributed by atoms with Crippen LogP contribution in [0.5, 0.6) is 11.5 Å². The molecule has 32 heavy (non-hydrogen) atoms. The van der Waals surface area contributed by atoms with Crippen LogP contribution in [0, 0.1) is 0 Å². The van der Waals surface area contributed by atoms with Crippen molar-refractivity contribution in [2.45, 2.75) is 11.8 Å². The van der Waals surface area contributed by atoms with Gasteiger partial charge in [-0.05, 0) is 23.3 Å². The fourth-order valence-corrected chi connectivity index (χ4v) is 4.55. The smallest absolute Gasteiger partial charge is 0.168 e. The van der Waals surface area contributed by atoms with E-state index >= 15 is 0 Å². The molecule has 4 aromatic rings. The number of rotatable bonds is 5. The third-order valence-corrected chi connectivity index (χ3v) is 5.96. The molecule has 0 unspecified atom stereocenters. The summed E-state index contributed by atoms with van der Waals surface area (Å²) in [6.07, 6.45) is -0.463. The highest BCUT2D eigenvalue weighted by Crippen LogP contribution is 2.51. The molecule has 0 bridgehead atoms. The molecule has 1 aliphatic heterocycles. The van der Waals surface area contributed by atoms with Crippen molar-refractivity contribution in [3.63, 3.8) is 0 Å². The lowest BCUT2D eigenvalue weighted by Crippen LogP contribution is -2.40. The van der Waals surface area contributed by atoms with Gasteiger partial charge in [-0.25, -0.2) is 0 Å². The molecule has 5 rings (SSSR count). The van der Waals surface area contributed by atoms with E-state index in [1.807, 2.05) is 36.4 Å². The normalized spacial score (nSPS) is 16.5. The summed E-state index contributed by atoms with van der Waals surface area (Å²) < 4.78 is 18.3. The maximum atomic E-state index is 7.05. The van der Waals surface area contributed by atoms with Crippen LogP contribution < -0.4 is 14.8 Å². The zero-order valence-corrected chi connectivity index (χ0v) is 18.1. The van der Waals surface area contributed by atoms with Crippen molar-refractivity contribution in [1.82, 2.24) is 0 Å². The molecule has 0 saturated heterocycles. The molecule has 0 radical (unpaired) electrons. The fraction of sp³-hybridized carbons (Fsp3) is 0.143. The Labute approximate surface area is 188 Å². The van der Waals surface area contributed by atoms with Crippen LogP contribution in [-0.4, -0.2) is 14.2 Å². The summed E-state index contributed by atoms with van der Waals surface area (Å²) in [5.74, 6) is 1.32. The standard InChI is InChI=1S/C28H25NO3/c1-30-25-19-11-16-22(26(25)31-2)27-29-24-18-10-9-17-23(24)28(32-27,20-12-5-3-6-13-20)21-14-7-4-8-15-21/h3-19,27,29H,1-2H3/t27-/m1/s1. The van der Waals surface area contributed by atoms with Gasteiger partial charge in [-0.15, -0.1) is 0 Å². The lowest BCUT2D eigenvalue weighted by molar-refractivity contribution is -0.0441. The Morgan fingerprint density at radius 3 is 1.94 bits per heavy atom. The molecule has 0 aliphatic carbocycles. The zero-order valence-electron chi connectivity index (χ0n) is 18.1. The second-order valence-corrected chi connectivity index (χ2v) is 7.68. The molecule has 4 nitrogen and oxygen atoms in total. The summed E-state index contributed by atoms with van der Waals surface area (Å²) in [4.78, 5) is 0. The van der Waals surface area contributed by atoms with Crippen LogP contribution in [0.2, 0.25) is 0 Å². The topological polar surface area (TPSA) is 39.7 Å². The summed E-state index contributed by atoms with van der Waals surface area (Å²) in [7, 11) is 3.30. The molecule has 4 aromatic carbocycles. The lowest BCUT2D eigenvalue weighted by Gasteiger charge is -2.44. The Kier molecular flexibility index (Phi) is 5.29. The van der Waals surface area contributed by atoms with E-state index in [0.29, 0.717) is 11.5 Å². The largest absolute Gasteiger partial charge is 0.493 e. The predicted molar refractivity (Wildman–Crippen MR) is 126 cm³/mol. The molecule has 4 heteroatoms. The summed E-state index contributed by atoms with van der Waals surface area (Å²) in [6, 6.07) is 34.9. The van der Waals surface area contributed by atoms with Crippen LogP contribution in [0.3, 0.4) is 0 Å². The molecule has 160 valence electrons. The number of hydrogen-bond donors (Lipinski definition) is 1. The number of benzene rings is 4. The average Bonchev–Trinajstić information content (AvgIpc) is 2.88. The number of fused-ring (bicyclic) bond motifs is 1. The monoisotopic (exact) mass is 423 g/mol. The highest BCUT2D eigenvalue weighted by atomic mass is 16.5. The van der Waals surface area contributed by atoms with Gasteiger partial charge in [0, 0.05) is 16.8 Å². The van der Waals surface area contributed by atoms with Crippen LogP contribution in [0.15, 0.2) is 103 Å². The van der Waals surface area contributed by atoms with E-state index in [-0.39, 0.29) is 0 Å². The van der Waals surface area contributed by atoms with Gasteiger partial charge in [0.05, 0.1) is 14.2 Å². The Bertz CT molecular complexity index is 1170. The lowest BCUT2D eigenvalue weighted by atomic mass is 9.78. The second-order valence-electron chi connectivity index (χ2n) is 7.68. The van der Waals surface area contributed by atoms with E-state index in [9.17, 15) is 0 Å². The summed E-state index contributed by atoms with van der Waals surface area (Å²) in [5.41, 5.74) is 4.27. The van der Waals surface area contributed by atoms with E-state index in [1.54, 1.807) is 14.2 Å². The van der Waals surface area contributed by atoms with Crippen molar-refractivity contribution < 1.29 is 14.2 Å². The van der Waals surface area contributed by atoms with Crippen molar-refractivity contribution in [1.29, 1.82) is 0 Å². The minimum absolute atomic E-state index is 0.463. The van der Waals surface area contributed by atoms with E-state index in [2.05, 4.69) is 72.0 Å². The molecular formula is C28H25NO3. The first-order chi connectivity index (χ1) is 15.8. The first kappa shape index (κ1) is 20.2. The van der Waals surface area contributed by atoms with Gasteiger partial charge < -0.3 is 19.5 Å². The van der Waals surface area contributed by atoms with Crippen LogP contribution in [-0.2, 0) is 10.3 Å². The summed E-state index contributed by atoms with van der Waals surface area (Å²) in [6.45, 7) is 0. The van der Waals surface area contributed by atoms with Gasteiger partial charge in [-0.3, -0.25) is 0 Å². The maximum Gasteiger partial charge on any atom is 0.168 e. The Hall–Kier alpha value is -3.76. The van der Waals surface area contributed by atoms with Crippen LogP contribution >= 0.6 is 0 Å². The number of nitrogens with one attached hydrogen (secondary N) is 1. The van der Waals surface area contributed by atoms with Gasteiger partial charge in [0.25, 0.3) is 0 Å². The molecule has 0 saturated carbocycles. The molecule has 1 atom stereocenters. The highest BCUT2D eigenvalue weighted by molar-refractivity contribution is 5.64. The number of para-hydroxylation sites is 2. The van der Waals surface area contributed by atoms with Crippen molar-refractivity contribution in [3.8, 4) is 11.5 Å². The van der Waals surface area contributed by atoms with E-state index in [1.165, 1.54) is 0 Å². The number of hydrogen-bond acceptors (Lipinski definition) is 4. The minimum Gasteiger partial charge on any atom is -0.493 e. The van der Waals surface area contributed by atoms with Crippen LogP contribution in [0.1, 0.15) is 28.5 Å². The van der Waals surface area contributed by atoms with Crippen molar-refractivity contribution in [2.24, 2.45) is 0 Å². The van der Waals surface area contributed by atoms with Crippen LogP contribution in [0.4, 0.5) is 5.69 Å². The summed E-state index contributed by atoms with van der Waals surface area (Å²) >= 11 is 0. The average molecular weight is 424 g/mol. The van der Waals surface area contributed by atoms with Gasteiger partial charge in [0.1, 0.15) is 5.60 Å². The Morgan fingerprint density at radius 2 is 1.31 bits per heavy atom. The highest BCUT2D eigenvalue weighted by Gasteiger charge is 2.45. The molecular weight excluding hydrogens is 398 g/mol. The third kappa shape index (κ3) is 3.20. The number of anilines is 1. The molecule has 1 N–H and O–H groups in total. The maximum absolute atomic E-state index is 7.05. The Balaban J connectivity index is 1.78. The van der Waals surface area contributed by atoms with E-state index in [0.717, 1.165) is 27.9 Å². The van der Waals surface area contributed by atoms with Crippen molar-refractivity contribution in [2.75, 3.05) is 19.5 Å². The molecule has 0 fully saturated rings. The first-order valence-corrected chi connectivity index (χ1v) is 10.6. The van der Waals surface area contributed by atoms with Gasteiger partial charge in [-0.1, -0.05) is 91.0 Å². The number of methoxy groups -OCH3 is 2. The fourth-order valence-electron chi connectivity index (χ4n) is 4.55. The summed E-state index contributed by atoms with van der Waals surface area (Å²) in [5, 5.41) is 3.58. The molecule has 1 aliphatic rings. The zero-order chi connectivity index (χ0) is 22.0. The van der Waals surface area contributed by atoms with Gasteiger partial charge in [0.15, 0.2) is 17.7 Å². The first-order valence-electron chi connectivity index (χ1n) is 10.6. The van der Waals surface area contributed by atoms with Crippen molar-refractivity contribution in [3.05, 3.63) is 125 Å². The van der Waals surface area contributed by atoms with Crippen molar-refractivity contribution >= 4 is 5.69 Å². The van der Waals surface area contributed by atoms with E-state index < -0.39 is 11.8 Å². The minimum atomic E-state index is -0.802. The third-order valence-electron chi connectivity index (χ3n) is 5.96.